The second-order valence-electron chi connectivity index (χ2n) is 7.98. The predicted molar refractivity (Wildman–Crippen MR) is 134 cm³/mol. The van der Waals surface area contributed by atoms with E-state index in [9.17, 15) is 4.79 Å². The Balaban J connectivity index is 1.53. The van der Waals surface area contributed by atoms with Gasteiger partial charge in [-0.15, -0.1) is 0 Å². The molecule has 172 valence electrons. The van der Waals surface area contributed by atoms with E-state index in [2.05, 4.69) is 29.0 Å². The maximum atomic E-state index is 12.8. The molecular weight excluding hydrogens is 452 g/mol. The Bertz CT molecular complexity index is 1320. The molecule has 0 spiro atoms. The van der Waals surface area contributed by atoms with Gasteiger partial charge in [0.25, 0.3) is 5.91 Å². The van der Waals surface area contributed by atoms with Gasteiger partial charge >= 0.3 is 0 Å². The van der Waals surface area contributed by atoms with Gasteiger partial charge in [0.15, 0.2) is 11.5 Å². The molecule has 1 aliphatic carbocycles. The molecule has 1 amide bonds. The van der Waals surface area contributed by atoms with Crippen LogP contribution >= 0.6 is 11.6 Å². The number of nitrogens with one attached hydrogen (secondary N) is 1. The quantitative estimate of drug-likeness (QED) is 0.355. The number of amides is 1. The number of carbonyl (C=O) groups excluding carboxylic acids is 1. The fraction of sp³-hybridized carbons (Fsp3) is 0.192. The van der Waals surface area contributed by atoms with Gasteiger partial charge in [0.2, 0.25) is 6.79 Å². The summed E-state index contributed by atoms with van der Waals surface area (Å²) in [4.78, 5) is 16.8. The molecule has 0 unspecified atom stereocenters. The first-order valence-corrected chi connectivity index (χ1v) is 11.4. The van der Waals surface area contributed by atoms with Gasteiger partial charge in [0.05, 0.1) is 22.0 Å². The van der Waals surface area contributed by atoms with Gasteiger partial charge in [0.1, 0.15) is 0 Å². The van der Waals surface area contributed by atoms with Gasteiger partial charge in [-0.3, -0.25) is 9.78 Å². The van der Waals surface area contributed by atoms with E-state index >= 15 is 0 Å². The van der Waals surface area contributed by atoms with E-state index < -0.39 is 0 Å². The van der Waals surface area contributed by atoms with Crippen molar-refractivity contribution >= 4 is 41.3 Å². The summed E-state index contributed by atoms with van der Waals surface area (Å²) in [5, 5.41) is 9.47. The highest BCUT2D eigenvalue weighted by molar-refractivity contribution is 6.34. The molecule has 1 aliphatic heterocycles. The van der Waals surface area contributed by atoms with Gasteiger partial charge in [-0.2, -0.15) is 5.10 Å². The Morgan fingerprint density at radius 3 is 2.82 bits per heavy atom. The van der Waals surface area contributed by atoms with Crippen LogP contribution in [0, 0.1) is 0 Å². The fourth-order valence-electron chi connectivity index (χ4n) is 4.35. The van der Waals surface area contributed by atoms with Crippen molar-refractivity contribution in [2.75, 3.05) is 17.1 Å². The smallest absolute Gasteiger partial charge is 0.257 e. The molecule has 3 aromatic rings. The molecule has 7 nitrogen and oxygen atoms in total. The summed E-state index contributed by atoms with van der Waals surface area (Å²) in [5.74, 6) is 1.09. The SMILES string of the molecule is C=NN(C1=C(CC)CCc2ccc(NC(=O)c3ccncc3Cl)cc21)c1ccc2c(c1)OCO2. The topological polar surface area (TPSA) is 76.1 Å². The Hall–Kier alpha value is -3.84. The molecule has 2 heterocycles. The molecule has 0 atom stereocenters. The second kappa shape index (κ2) is 9.19. The van der Waals surface area contributed by atoms with Gasteiger partial charge < -0.3 is 14.8 Å². The molecule has 1 N–H and O–H groups in total. The van der Waals surface area contributed by atoms with Crippen LogP contribution in [-0.4, -0.2) is 24.4 Å². The van der Waals surface area contributed by atoms with E-state index in [0.717, 1.165) is 36.2 Å². The van der Waals surface area contributed by atoms with Crippen LogP contribution in [0.4, 0.5) is 11.4 Å². The van der Waals surface area contributed by atoms with E-state index in [-0.39, 0.29) is 12.7 Å². The molecule has 0 fully saturated rings. The average Bonchev–Trinajstić information content (AvgIpc) is 3.33. The summed E-state index contributed by atoms with van der Waals surface area (Å²) in [7, 11) is 0. The number of anilines is 2. The van der Waals surface area contributed by atoms with Crippen molar-refractivity contribution in [2.24, 2.45) is 5.10 Å². The van der Waals surface area contributed by atoms with Crippen LogP contribution in [-0.2, 0) is 6.42 Å². The number of pyridine rings is 1. The molecule has 2 aromatic carbocycles. The number of fused-ring (bicyclic) bond motifs is 2. The lowest BCUT2D eigenvalue weighted by Crippen LogP contribution is -2.21. The molecule has 8 heteroatoms. The number of halogens is 1. The molecule has 0 radical (unpaired) electrons. The number of aromatic nitrogens is 1. The number of aryl methyl sites for hydroxylation is 1. The van der Waals surface area contributed by atoms with Crippen LogP contribution in [0.1, 0.15) is 41.3 Å². The number of ether oxygens (including phenoxy) is 2. The van der Waals surface area contributed by atoms with Gasteiger partial charge in [-0.25, -0.2) is 5.01 Å². The van der Waals surface area contributed by atoms with E-state index in [4.69, 9.17) is 21.1 Å². The van der Waals surface area contributed by atoms with E-state index in [1.165, 1.54) is 17.3 Å². The molecule has 1 aromatic heterocycles. The monoisotopic (exact) mass is 474 g/mol. The Labute approximate surface area is 202 Å². The lowest BCUT2D eigenvalue weighted by atomic mass is 9.87. The van der Waals surface area contributed by atoms with E-state index in [1.807, 2.05) is 41.4 Å². The summed E-state index contributed by atoms with van der Waals surface area (Å²) in [5.41, 5.74) is 6.28. The van der Waals surface area contributed by atoms with Crippen LogP contribution in [0.25, 0.3) is 5.70 Å². The third kappa shape index (κ3) is 3.99. The van der Waals surface area contributed by atoms with Gasteiger partial charge in [-0.1, -0.05) is 24.6 Å². The summed E-state index contributed by atoms with van der Waals surface area (Å²) in [6, 6.07) is 13.3. The van der Waals surface area contributed by atoms with Gasteiger partial charge in [-0.05, 0) is 60.7 Å². The summed E-state index contributed by atoms with van der Waals surface area (Å²) in [6.45, 7) is 6.19. The third-order valence-electron chi connectivity index (χ3n) is 6.05. The first kappa shape index (κ1) is 22.0. The number of hydrogen-bond donors (Lipinski definition) is 1. The van der Waals surface area contributed by atoms with Crippen molar-refractivity contribution in [3.8, 4) is 11.5 Å². The largest absolute Gasteiger partial charge is 0.454 e. The number of hydrogen-bond acceptors (Lipinski definition) is 6. The number of carbonyl (C=O) groups is 1. The van der Waals surface area contributed by atoms with Crippen molar-refractivity contribution in [2.45, 2.75) is 26.2 Å². The fourth-order valence-corrected chi connectivity index (χ4v) is 4.56. The minimum atomic E-state index is -0.293. The van der Waals surface area contributed by atoms with Crippen LogP contribution in [0.5, 0.6) is 11.5 Å². The van der Waals surface area contributed by atoms with E-state index in [0.29, 0.717) is 27.8 Å². The standard InChI is InChI=1S/C26H23ClN4O3/c1-3-16-4-5-17-6-7-18(30-26(32)20-10-11-29-14-22(20)27)12-21(17)25(16)31(28-2)19-8-9-23-24(13-19)34-15-33-23/h6-14H,2-5,15H2,1H3,(H,30,32). The number of rotatable bonds is 6. The average molecular weight is 475 g/mol. The van der Waals surface area contributed by atoms with Gasteiger partial charge in [0, 0.05) is 36.4 Å². The number of nitrogens with zero attached hydrogens (tertiary/aromatic N) is 3. The summed E-state index contributed by atoms with van der Waals surface area (Å²) < 4.78 is 11.0. The molecule has 0 saturated carbocycles. The predicted octanol–water partition coefficient (Wildman–Crippen LogP) is 5.91. The molecule has 5 rings (SSSR count). The highest BCUT2D eigenvalue weighted by Gasteiger charge is 2.26. The second-order valence-corrected chi connectivity index (χ2v) is 8.39. The summed E-state index contributed by atoms with van der Waals surface area (Å²) in [6.07, 6.45) is 5.71. The number of allylic oxidation sites excluding steroid dienone is 1. The minimum absolute atomic E-state index is 0.205. The number of benzene rings is 2. The maximum Gasteiger partial charge on any atom is 0.257 e. The minimum Gasteiger partial charge on any atom is -0.454 e. The highest BCUT2D eigenvalue weighted by Crippen LogP contribution is 2.42. The lowest BCUT2D eigenvalue weighted by Gasteiger charge is -2.30. The van der Waals surface area contributed by atoms with Crippen LogP contribution < -0.4 is 19.8 Å². The molecule has 0 saturated heterocycles. The van der Waals surface area contributed by atoms with Crippen molar-refractivity contribution in [1.29, 1.82) is 0 Å². The zero-order valence-corrected chi connectivity index (χ0v) is 19.4. The maximum absolute atomic E-state index is 12.8. The van der Waals surface area contributed by atoms with Crippen LogP contribution in [0.15, 0.2) is 65.5 Å². The molecule has 2 aliphatic rings. The third-order valence-corrected chi connectivity index (χ3v) is 6.35. The van der Waals surface area contributed by atoms with Crippen molar-refractivity contribution in [3.05, 3.63) is 82.1 Å². The first-order valence-electron chi connectivity index (χ1n) is 11.0. The number of hydrazone groups is 1. The summed E-state index contributed by atoms with van der Waals surface area (Å²) >= 11 is 6.15. The van der Waals surface area contributed by atoms with Crippen LogP contribution in [0.3, 0.4) is 0 Å². The van der Waals surface area contributed by atoms with Crippen LogP contribution in [0.2, 0.25) is 5.02 Å². The Morgan fingerprint density at radius 2 is 2.03 bits per heavy atom. The van der Waals surface area contributed by atoms with Crippen molar-refractivity contribution < 1.29 is 14.3 Å². The highest BCUT2D eigenvalue weighted by atomic mass is 35.5. The zero-order valence-electron chi connectivity index (χ0n) is 18.7. The van der Waals surface area contributed by atoms with E-state index in [1.54, 1.807) is 12.3 Å². The Morgan fingerprint density at radius 1 is 1.18 bits per heavy atom. The Kier molecular flexibility index (Phi) is 5.94. The lowest BCUT2D eigenvalue weighted by molar-refractivity contribution is 0.102. The molecule has 34 heavy (non-hydrogen) atoms. The molecule has 0 bridgehead atoms. The van der Waals surface area contributed by atoms with Crippen molar-refractivity contribution in [1.82, 2.24) is 4.98 Å². The first-order chi connectivity index (χ1) is 16.6. The zero-order chi connectivity index (χ0) is 23.7. The normalized spacial score (nSPS) is 13.9. The van der Waals surface area contributed by atoms with Crippen molar-refractivity contribution in [3.63, 3.8) is 0 Å². The molecular formula is C26H23ClN4O3.